The van der Waals surface area contributed by atoms with Crippen LogP contribution in [0, 0.1) is 5.82 Å². The van der Waals surface area contributed by atoms with Crippen LogP contribution in [0.15, 0.2) is 48.5 Å². The van der Waals surface area contributed by atoms with E-state index in [1.54, 1.807) is 35.2 Å². The Morgan fingerprint density at radius 3 is 2.61 bits per heavy atom. The second-order valence-corrected chi connectivity index (χ2v) is 6.27. The van der Waals surface area contributed by atoms with Crippen LogP contribution in [0.3, 0.4) is 0 Å². The molecule has 1 amide bonds. The third kappa shape index (κ3) is 3.22. The molecule has 0 bridgehead atoms. The standard InChI is InChI=1S/C17H14FNO3S/c18-13-7-5-11(6-8-13)16-19(15(20)10-23-16)9-12-3-1-2-4-14(12)17(21)22/h1-8,16H,9-10H2,(H,21,22). The highest BCUT2D eigenvalue weighted by Crippen LogP contribution is 2.39. The van der Waals surface area contributed by atoms with Crippen LogP contribution in [0.2, 0.25) is 0 Å². The molecule has 3 rings (SSSR count). The average molecular weight is 331 g/mol. The van der Waals surface area contributed by atoms with Crippen molar-refractivity contribution >= 4 is 23.6 Å². The predicted octanol–water partition coefficient (Wildman–Crippen LogP) is 3.30. The Bertz CT molecular complexity index is 748. The lowest BCUT2D eigenvalue weighted by atomic mass is 10.1. The minimum absolute atomic E-state index is 0.0514. The molecule has 0 radical (unpaired) electrons. The molecular formula is C17H14FNO3S. The zero-order valence-electron chi connectivity index (χ0n) is 12.1. The first kappa shape index (κ1) is 15.6. The van der Waals surface area contributed by atoms with Crippen molar-refractivity contribution < 1.29 is 19.1 Å². The maximum Gasteiger partial charge on any atom is 0.336 e. The Kier molecular flexibility index (Phi) is 4.34. The molecule has 1 N–H and O–H groups in total. The van der Waals surface area contributed by atoms with Crippen LogP contribution >= 0.6 is 11.8 Å². The summed E-state index contributed by atoms with van der Waals surface area (Å²) < 4.78 is 13.1. The number of hydrogen-bond acceptors (Lipinski definition) is 3. The Labute approximate surface area is 136 Å². The van der Waals surface area contributed by atoms with Gasteiger partial charge in [-0.25, -0.2) is 9.18 Å². The lowest BCUT2D eigenvalue weighted by molar-refractivity contribution is -0.128. The Morgan fingerprint density at radius 2 is 1.91 bits per heavy atom. The van der Waals surface area contributed by atoms with Crippen molar-refractivity contribution in [2.75, 3.05) is 5.75 Å². The summed E-state index contributed by atoms with van der Waals surface area (Å²) in [4.78, 5) is 25.1. The normalized spacial score (nSPS) is 17.5. The third-order valence-electron chi connectivity index (χ3n) is 3.71. The highest BCUT2D eigenvalue weighted by atomic mass is 32.2. The first-order valence-electron chi connectivity index (χ1n) is 7.04. The van der Waals surface area contributed by atoms with E-state index >= 15 is 0 Å². The molecule has 1 aliphatic rings. The lowest BCUT2D eigenvalue weighted by Crippen LogP contribution is -2.28. The summed E-state index contributed by atoms with van der Waals surface area (Å²) >= 11 is 1.46. The van der Waals surface area contributed by atoms with E-state index in [0.29, 0.717) is 11.3 Å². The molecule has 1 fully saturated rings. The summed E-state index contributed by atoms with van der Waals surface area (Å²) in [5, 5.41) is 9.04. The van der Waals surface area contributed by atoms with Crippen LogP contribution in [0.5, 0.6) is 0 Å². The van der Waals surface area contributed by atoms with E-state index in [1.165, 1.54) is 30.0 Å². The smallest absolute Gasteiger partial charge is 0.336 e. The summed E-state index contributed by atoms with van der Waals surface area (Å²) in [7, 11) is 0. The number of amides is 1. The lowest BCUT2D eigenvalue weighted by Gasteiger charge is -2.25. The number of carbonyl (C=O) groups is 2. The minimum Gasteiger partial charge on any atom is -0.478 e. The van der Waals surface area contributed by atoms with Gasteiger partial charge in [-0.2, -0.15) is 0 Å². The molecule has 0 aromatic heterocycles. The number of aromatic carboxylic acids is 1. The van der Waals surface area contributed by atoms with Gasteiger partial charge in [0.1, 0.15) is 11.2 Å². The summed E-state index contributed by atoms with van der Waals surface area (Å²) in [5.74, 6) is -1.06. The molecule has 0 aliphatic carbocycles. The van der Waals surface area contributed by atoms with Gasteiger partial charge in [-0.05, 0) is 29.3 Å². The van der Waals surface area contributed by atoms with Gasteiger partial charge in [0.2, 0.25) is 5.91 Å². The topological polar surface area (TPSA) is 57.6 Å². The van der Waals surface area contributed by atoms with E-state index in [-0.39, 0.29) is 29.2 Å². The molecule has 23 heavy (non-hydrogen) atoms. The predicted molar refractivity (Wildman–Crippen MR) is 85.6 cm³/mol. The summed E-state index contributed by atoms with van der Waals surface area (Å²) in [6.45, 7) is 0.219. The van der Waals surface area contributed by atoms with Gasteiger partial charge in [-0.3, -0.25) is 4.79 Å². The van der Waals surface area contributed by atoms with Gasteiger partial charge in [-0.1, -0.05) is 30.3 Å². The fraction of sp³-hybridized carbons (Fsp3) is 0.176. The van der Waals surface area contributed by atoms with Crippen molar-refractivity contribution in [2.45, 2.75) is 11.9 Å². The summed E-state index contributed by atoms with van der Waals surface area (Å²) in [6.07, 6.45) is 0. The number of carboxylic acids is 1. The maximum absolute atomic E-state index is 13.1. The van der Waals surface area contributed by atoms with Gasteiger partial charge >= 0.3 is 5.97 Å². The number of thioether (sulfide) groups is 1. The second-order valence-electron chi connectivity index (χ2n) is 5.20. The number of carboxylic acid groups (broad SMARTS) is 1. The van der Waals surface area contributed by atoms with Crippen molar-refractivity contribution in [3.8, 4) is 0 Å². The van der Waals surface area contributed by atoms with Crippen molar-refractivity contribution in [1.82, 2.24) is 4.90 Å². The number of carbonyl (C=O) groups excluding carboxylic acids is 1. The van der Waals surface area contributed by atoms with E-state index in [0.717, 1.165) is 5.56 Å². The Morgan fingerprint density at radius 1 is 1.22 bits per heavy atom. The Hall–Kier alpha value is -2.34. The third-order valence-corrected chi connectivity index (χ3v) is 4.97. The molecule has 6 heteroatoms. The quantitative estimate of drug-likeness (QED) is 0.934. The van der Waals surface area contributed by atoms with Gasteiger partial charge in [-0.15, -0.1) is 11.8 Å². The number of hydrogen-bond donors (Lipinski definition) is 1. The van der Waals surface area contributed by atoms with Crippen LogP contribution in [0.4, 0.5) is 4.39 Å². The largest absolute Gasteiger partial charge is 0.478 e. The van der Waals surface area contributed by atoms with Crippen LogP contribution < -0.4 is 0 Å². The SMILES string of the molecule is O=C(O)c1ccccc1CN1C(=O)CSC1c1ccc(F)cc1. The zero-order chi connectivity index (χ0) is 16.4. The molecule has 0 spiro atoms. The number of rotatable bonds is 4. The van der Waals surface area contributed by atoms with E-state index in [9.17, 15) is 19.1 Å². The number of nitrogens with zero attached hydrogens (tertiary/aromatic N) is 1. The number of benzene rings is 2. The molecular weight excluding hydrogens is 317 g/mol. The van der Waals surface area contributed by atoms with Crippen LogP contribution in [0.1, 0.15) is 26.9 Å². The first-order chi connectivity index (χ1) is 11.1. The highest BCUT2D eigenvalue weighted by Gasteiger charge is 2.33. The number of halogens is 1. The van der Waals surface area contributed by atoms with Crippen LogP contribution in [-0.2, 0) is 11.3 Å². The van der Waals surface area contributed by atoms with Gasteiger partial charge in [0.15, 0.2) is 0 Å². The molecule has 2 aromatic carbocycles. The summed E-state index contributed by atoms with van der Waals surface area (Å²) in [5.41, 5.74) is 1.60. The van der Waals surface area contributed by atoms with Gasteiger partial charge in [0, 0.05) is 6.54 Å². The molecule has 1 aliphatic heterocycles. The maximum atomic E-state index is 13.1. The Balaban J connectivity index is 1.89. The minimum atomic E-state index is -1.02. The molecule has 1 heterocycles. The van der Waals surface area contributed by atoms with E-state index in [4.69, 9.17) is 0 Å². The highest BCUT2D eigenvalue weighted by molar-refractivity contribution is 8.00. The second kappa shape index (κ2) is 6.42. The van der Waals surface area contributed by atoms with Crippen LogP contribution in [0.25, 0.3) is 0 Å². The molecule has 1 atom stereocenters. The average Bonchev–Trinajstić information content (AvgIpc) is 2.90. The molecule has 0 saturated carbocycles. The van der Waals surface area contributed by atoms with E-state index in [2.05, 4.69) is 0 Å². The molecule has 2 aromatic rings. The van der Waals surface area contributed by atoms with Crippen molar-refractivity contribution in [1.29, 1.82) is 0 Å². The molecule has 1 saturated heterocycles. The molecule has 118 valence electrons. The van der Waals surface area contributed by atoms with Gasteiger partial charge in [0.05, 0.1) is 11.3 Å². The fourth-order valence-corrected chi connectivity index (χ4v) is 3.77. The van der Waals surface area contributed by atoms with E-state index in [1.807, 2.05) is 0 Å². The van der Waals surface area contributed by atoms with Crippen LogP contribution in [-0.4, -0.2) is 27.6 Å². The molecule has 1 unspecified atom stereocenters. The van der Waals surface area contributed by atoms with E-state index < -0.39 is 5.97 Å². The fourth-order valence-electron chi connectivity index (χ4n) is 2.58. The van der Waals surface area contributed by atoms with Crippen molar-refractivity contribution in [3.05, 3.63) is 71.0 Å². The van der Waals surface area contributed by atoms with Crippen molar-refractivity contribution in [2.24, 2.45) is 0 Å². The summed E-state index contributed by atoms with van der Waals surface area (Å²) in [6, 6.07) is 12.7. The first-order valence-corrected chi connectivity index (χ1v) is 8.09. The van der Waals surface area contributed by atoms with Gasteiger partial charge in [0.25, 0.3) is 0 Å². The van der Waals surface area contributed by atoms with Crippen molar-refractivity contribution in [3.63, 3.8) is 0 Å². The monoisotopic (exact) mass is 331 g/mol. The van der Waals surface area contributed by atoms with Gasteiger partial charge < -0.3 is 10.0 Å². The molecule has 4 nitrogen and oxygen atoms in total. The zero-order valence-corrected chi connectivity index (χ0v) is 12.9.